The smallest absolute Gasteiger partial charge is 0.257 e. The molecule has 3 aromatic rings. The fourth-order valence-corrected chi connectivity index (χ4v) is 2.97. The summed E-state index contributed by atoms with van der Waals surface area (Å²) in [5, 5.41) is 0.642. The van der Waals surface area contributed by atoms with Crippen LogP contribution in [-0.4, -0.2) is 16.0 Å². The van der Waals surface area contributed by atoms with Crippen LogP contribution < -0.4 is 5.73 Å². The fourth-order valence-electron chi connectivity index (χ4n) is 1.99. The van der Waals surface area contributed by atoms with Gasteiger partial charge in [-0.2, -0.15) is 0 Å². The van der Waals surface area contributed by atoms with Crippen LogP contribution in [0.4, 0.5) is 0 Å². The lowest BCUT2D eigenvalue weighted by Gasteiger charge is -2.17. The second kappa shape index (κ2) is 5.64. The molecule has 102 valence electrons. The van der Waals surface area contributed by atoms with Gasteiger partial charge in [0.05, 0.1) is 10.9 Å². The van der Waals surface area contributed by atoms with Crippen LogP contribution in [0.2, 0.25) is 0 Å². The summed E-state index contributed by atoms with van der Waals surface area (Å²) in [7, 11) is 0. The van der Waals surface area contributed by atoms with Crippen molar-refractivity contribution in [3.05, 3.63) is 54.4 Å². The lowest BCUT2D eigenvalue weighted by atomic mass is 10.2. The van der Waals surface area contributed by atoms with Gasteiger partial charge in [-0.25, -0.2) is 4.98 Å². The molecular formula is C15H15N3OS. The van der Waals surface area contributed by atoms with E-state index >= 15 is 0 Å². The predicted octanol–water partition coefficient (Wildman–Crippen LogP) is 3.40. The Morgan fingerprint density at radius 1 is 1.15 bits per heavy atom. The number of aromatic nitrogens is 2. The highest BCUT2D eigenvalue weighted by atomic mass is 32.2. The third kappa shape index (κ3) is 2.69. The Morgan fingerprint density at radius 2 is 1.95 bits per heavy atom. The van der Waals surface area contributed by atoms with Crippen LogP contribution in [0.25, 0.3) is 11.1 Å². The van der Waals surface area contributed by atoms with Gasteiger partial charge in [-0.1, -0.05) is 30.0 Å². The summed E-state index contributed by atoms with van der Waals surface area (Å²) in [6.07, 6.45) is 1.78. The molecule has 2 atom stereocenters. The Balaban J connectivity index is 1.90. The van der Waals surface area contributed by atoms with Gasteiger partial charge in [0.1, 0.15) is 5.52 Å². The molecule has 3 rings (SSSR count). The quantitative estimate of drug-likeness (QED) is 0.744. The predicted molar refractivity (Wildman–Crippen MR) is 80.5 cm³/mol. The third-order valence-electron chi connectivity index (χ3n) is 2.96. The second-order valence-electron chi connectivity index (χ2n) is 4.60. The van der Waals surface area contributed by atoms with Crippen molar-refractivity contribution in [1.82, 2.24) is 9.97 Å². The summed E-state index contributed by atoms with van der Waals surface area (Å²) in [5.41, 5.74) is 8.67. The third-order valence-corrected chi connectivity index (χ3v) is 4.26. The number of hydrogen-bond donors (Lipinski definition) is 1. The van der Waals surface area contributed by atoms with Crippen molar-refractivity contribution in [2.75, 3.05) is 0 Å². The molecule has 2 N–H and O–H groups in total. The van der Waals surface area contributed by atoms with E-state index in [1.165, 1.54) is 11.8 Å². The van der Waals surface area contributed by atoms with Crippen LogP contribution >= 0.6 is 11.8 Å². The molecule has 0 aliphatic heterocycles. The number of nitrogens with two attached hydrogens (primary N) is 1. The topological polar surface area (TPSA) is 64.9 Å². The molecule has 0 saturated carbocycles. The van der Waals surface area contributed by atoms with E-state index in [1.54, 1.807) is 6.20 Å². The van der Waals surface area contributed by atoms with Crippen molar-refractivity contribution in [1.29, 1.82) is 0 Å². The molecule has 0 spiro atoms. The number of oxazole rings is 1. The lowest BCUT2D eigenvalue weighted by Crippen LogP contribution is -2.23. The highest BCUT2D eigenvalue weighted by Crippen LogP contribution is 2.36. The van der Waals surface area contributed by atoms with Gasteiger partial charge in [0, 0.05) is 12.2 Å². The first-order valence-corrected chi connectivity index (χ1v) is 7.31. The van der Waals surface area contributed by atoms with Crippen molar-refractivity contribution in [3.63, 3.8) is 0 Å². The van der Waals surface area contributed by atoms with E-state index in [9.17, 15) is 0 Å². The van der Waals surface area contributed by atoms with Crippen LogP contribution in [0, 0.1) is 0 Å². The highest BCUT2D eigenvalue weighted by molar-refractivity contribution is 7.99. The largest absolute Gasteiger partial charge is 0.431 e. The summed E-state index contributed by atoms with van der Waals surface area (Å²) in [5.74, 6) is 0. The molecule has 5 heteroatoms. The molecule has 2 aromatic heterocycles. The molecule has 0 fully saturated rings. The summed E-state index contributed by atoms with van der Waals surface area (Å²) in [4.78, 5) is 8.85. The Kier molecular flexibility index (Phi) is 3.71. The minimum atomic E-state index is -0.0510. The Bertz CT molecular complexity index is 663. The van der Waals surface area contributed by atoms with Gasteiger partial charge in [-0.05, 0) is 31.2 Å². The zero-order chi connectivity index (χ0) is 13.9. The molecule has 0 radical (unpaired) electrons. The highest BCUT2D eigenvalue weighted by Gasteiger charge is 2.21. The number of para-hydroxylation sites is 2. The van der Waals surface area contributed by atoms with Gasteiger partial charge < -0.3 is 10.2 Å². The standard InChI is InChI=1S/C15H15N3OS/c1-10(16)14(12-7-4-5-9-17-12)20-15-18-11-6-2-3-8-13(11)19-15/h2-10,14H,16H2,1H3. The van der Waals surface area contributed by atoms with Gasteiger partial charge in [-0.15, -0.1) is 0 Å². The molecule has 0 aliphatic carbocycles. The van der Waals surface area contributed by atoms with Crippen LogP contribution in [0.15, 0.2) is 58.3 Å². The molecular weight excluding hydrogens is 270 g/mol. The zero-order valence-electron chi connectivity index (χ0n) is 11.1. The average molecular weight is 285 g/mol. The number of benzene rings is 1. The molecule has 2 heterocycles. The first kappa shape index (κ1) is 13.1. The molecule has 0 aliphatic rings. The molecule has 20 heavy (non-hydrogen) atoms. The second-order valence-corrected chi connectivity index (χ2v) is 5.69. The number of thioether (sulfide) groups is 1. The normalized spacial score (nSPS) is 14.3. The fraction of sp³-hybridized carbons (Fsp3) is 0.200. The van der Waals surface area contributed by atoms with Crippen molar-refractivity contribution in [2.45, 2.75) is 23.4 Å². The van der Waals surface area contributed by atoms with Crippen molar-refractivity contribution in [3.8, 4) is 0 Å². The minimum absolute atomic E-state index is 0.0178. The number of nitrogens with zero attached hydrogens (tertiary/aromatic N) is 2. The zero-order valence-corrected chi connectivity index (χ0v) is 11.9. The van der Waals surface area contributed by atoms with Crippen LogP contribution in [0.1, 0.15) is 17.9 Å². The van der Waals surface area contributed by atoms with Crippen LogP contribution in [0.5, 0.6) is 0 Å². The number of rotatable bonds is 4. The van der Waals surface area contributed by atoms with Crippen molar-refractivity contribution in [2.24, 2.45) is 5.73 Å². The van der Waals surface area contributed by atoms with E-state index in [4.69, 9.17) is 10.2 Å². The summed E-state index contributed by atoms with van der Waals surface area (Å²) >= 11 is 1.51. The van der Waals surface area contributed by atoms with E-state index in [0.717, 1.165) is 16.8 Å². The van der Waals surface area contributed by atoms with Crippen molar-refractivity contribution < 1.29 is 4.42 Å². The van der Waals surface area contributed by atoms with E-state index in [0.29, 0.717) is 5.22 Å². The molecule has 4 nitrogen and oxygen atoms in total. The van der Waals surface area contributed by atoms with E-state index in [2.05, 4.69) is 9.97 Å². The van der Waals surface area contributed by atoms with Gasteiger partial charge in [0.2, 0.25) is 0 Å². The molecule has 1 aromatic carbocycles. The average Bonchev–Trinajstić information content (AvgIpc) is 2.88. The maximum Gasteiger partial charge on any atom is 0.257 e. The summed E-state index contributed by atoms with van der Waals surface area (Å²) in [6.45, 7) is 1.97. The monoisotopic (exact) mass is 285 g/mol. The maximum absolute atomic E-state index is 6.08. The van der Waals surface area contributed by atoms with Crippen molar-refractivity contribution >= 4 is 22.9 Å². The minimum Gasteiger partial charge on any atom is -0.431 e. The van der Waals surface area contributed by atoms with E-state index in [-0.39, 0.29) is 11.3 Å². The lowest BCUT2D eigenvalue weighted by molar-refractivity contribution is 0.486. The van der Waals surface area contributed by atoms with Crippen LogP contribution in [0.3, 0.4) is 0 Å². The van der Waals surface area contributed by atoms with Gasteiger partial charge in [0.25, 0.3) is 5.22 Å². The van der Waals surface area contributed by atoms with Gasteiger partial charge in [-0.3, -0.25) is 4.98 Å². The summed E-state index contributed by atoms with van der Waals surface area (Å²) < 4.78 is 5.74. The first-order chi connectivity index (χ1) is 9.74. The first-order valence-electron chi connectivity index (χ1n) is 6.43. The number of fused-ring (bicyclic) bond motifs is 1. The number of pyridine rings is 1. The Labute approximate surface area is 121 Å². The summed E-state index contributed by atoms with van der Waals surface area (Å²) in [6, 6.07) is 13.5. The number of hydrogen-bond acceptors (Lipinski definition) is 5. The van der Waals surface area contributed by atoms with Gasteiger partial charge >= 0.3 is 0 Å². The van der Waals surface area contributed by atoms with E-state index in [1.807, 2.05) is 49.4 Å². The molecule has 0 saturated heterocycles. The van der Waals surface area contributed by atoms with Crippen LogP contribution in [-0.2, 0) is 0 Å². The maximum atomic E-state index is 6.08. The SMILES string of the molecule is CC(N)C(Sc1nc2ccccc2o1)c1ccccn1. The Morgan fingerprint density at radius 3 is 2.65 bits per heavy atom. The van der Waals surface area contributed by atoms with Gasteiger partial charge in [0.15, 0.2) is 5.58 Å². The molecule has 0 amide bonds. The molecule has 0 bridgehead atoms. The Hall–Kier alpha value is -1.85. The van der Waals surface area contributed by atoms with E-state index < -0.39 is 0 Å². The molecule has 2 unspecified atom stereocenters.